The molecule has 1 fully saturated rings. The van der Waals surface area contributed by atoms with Crippen molar-refractivity contribution in [2.45, 2.75) is 38.0 Å². The van der Waals surface area contributed by atoms with Gasteiger partial charge >= 0.3 is 0 Å². The molecule has 0 aromatic carbocycles. The summed E-state index contributed by atoms with van der Waals surface area (Å²) in [5.74, 6) is -0.357. The van der Waals surface area contributed by atoms with E-state index < -0.39 is 14.8 Å². The fraction of sp³-hybridized carbons (Fsp3) is 0.900. The van der Waals surface area contributed by atoms with E-state index in [2.05, 4.69) is 0 Å². The van der Waals surface area contributed by atoms with E-state index in [9.17, 15) is 13.2 Å². The third-order valence-electron chi connectivity index (χ3n) is 3.00. The van der Waals surface area contributed by atoms with Crippen molar-refractivity contribution < 1.29 is 17.9 Å². The van der Waals surface area contributed by atoms with Crippen molar-refractivity contribution in [1.29, 1.82) is 0 Å². The zero-order chi connectivity index (χ0) is 13.3. The van der Waals surface area contributed by atoms with Crippen LogP contribution in [0.15, 0.2) is 0 Å². The Kier molecular flexibility index (Phi) is 4.16. The van der Waals surface area contributed by atoms with Gasteiger partial charge in [-0.1, -0.05) is 0 Å². The van der Waals surface area contributed by atoms with Crippen LogP contribution in [0.5, 0.6) is 0 Å². The number of hydrogen-bond donors (Lipinski definition) is 1. The first-order chi connectivity index (χ1) is 7.79. The number of hydrogen-bond acceptors (Lipinski definition) is 5. The van der Waals surface area contributed by atoms with Crippen molar-refractivity contribution >= 4 is 15.9 Å². The normalized spacial score (nSPS) is 23.3. The Bertz CT molecular complexity index is 391. The average Bonchev–Trinajstić information content (AvgIpc) is 2.26. The zero-order valence-electron chi connectivity index (χ0n) is 10.5. The molecule has 1 heterocycles. The highest BCUT2D eigenvalue weighted by atomic mass is 32.2. The number of amides is 1. The lowest BCUT2D eigenvalue weighted by Gasteiger charge is -2.43. The minimum Gasteiger partial charge on any atom is -0.377 e. The van der Waals surface area contributed by atoms with Crippen molar-refractivity contribution in [3.63, 3.8) is 0 Å². The van der Waals surface area contributed by atoms with Gasteiger partial charge in [-0.05, 0) is 27.2 Å². The van der Waals surface area contributed by atoms with E-state index >= 15 is 0 Å². The lowest BCUT2D eigenvalue weighted by molar-refractivity contribution is -0.132. The smallest absolute Gasteiger partial charge is 0.258 e. The van der Waals surface area contributed by atoms with E-state index in [0.717, 1.165) is 4.31 Å². The van der Waals surface area contributed by atoms with E-state index in [0.29, 0.717) is 19.6 Å². The van der Waals surface area contributed by atoms with Gasteiger partial charge in [-0.3, -0.25) is 4.79 Å². The Morgan fingerprint density at radius 3 is 2.47 bits per heavy atom. The molecule has 1 rings (SSSR count). The number of nitrogens with two attached hydrogens (primary N) is 1. The maximum Gasteiger partial charge on any atom is 0.258 e. The fourth-order valence-corrected chi connectivity index (χ4v) is 3.29. The Morgan fingerprint density at radius 1 is 1.47 bits per heavy atom. The van der Waals surface area contributed by atoms with Gasteiger partial charge in [-0.2, -0.15) is 0 Å². The fourth-order valence-electron chi connectivity index (χ4n) is 1.74. The van der Waals surface area contributed by atoms with E-state index in [4.69, 9.17) is 10.5 Å². The Morgan fingerprint density at radius 2 is 2.06 bits per heavy atom. The number of ether oxygens (including phenoxy) is 1. The van der Waals surface area contributed by atoms with Gasteiger partial charge in [-0.15, -0.1) is 0 Å². The Labute approximate surface area is 102 Å². The molecule has 100 valence electrons. The quantitative estimate of drug-likeness (QED) is 0.711. The number of nitrogens with zero attached hydrogens (tertiary/aromatic N) is 1. The largest absolute Gasteiger partial charge is 0.377 e. The van der Waals surface area contributed by atoms with Crippen LogP contribution in [0.4, 0.5) is 0 Å². The molecule has 0 aliphatic carbocycles. The maximum absolute atomic E-state index is 11.8. The van der Waals surface area contributed by atoms with Gasteiger partial charge in [0.15, 0.2) is 4.75 Å². The first kappa shape index (κ1) is 14.4. The van der Waals surface area contributed by atoms with Crippen LogP contribution in [-0.4, -0.2) is 49.2 Å². The molecule has 0 bridgehead atoms. The van der Waals surface area contributed by atoms with Crippen molar-refractivity contribution in [2.24, 2.45) is 5.73 Å². The highest BCUT2D eigenvalue weighted by Crippen LogP contribution is 2.34. The zero-order valence-corrected chi connectivity index (χ0v) is 11.3. The second kappa shape index (κ2) is 4.91. The van der Waals surface area contributed by atoms with Crippen molar-refractivity contribution in [3.05, 3.63) is 0 Å². The molecule has 1 atom stereocenters. The summed E-state index contributed by atoms with van der Waals surface area (Å²) in [6, 6.07) is 0. The summed E-state index contributed by atoms with van der Waals surface area (Å²) in [5.41, 5.74) is 5.48. The third-order valence-corrected chi connectivity index (χ3v) is 5.39. The van der Waals surface area contributed by atoms with Crippen LogP contribution in [0, 0.1) is 0 Å². The van der Waals surface area contributed by atoms with Gasteiger partial charge in [0.2, 0.25) is 0 Å². The van der Waals surface area contributed by atoms with Crippen LogP contribution in [-0.2, 0) is 19.6 Å². The van der Waals surface area contributed by atoms with Gasteiger partial charge in [0.05, 0.1) is 6.10 Å². The van der Waals surface area contributed by atoms with Gasteiger partial charge < -0.3 is 10.5 Å². The molecule has 1 unspecified atom stereocenters. The molecule has 6 nitrogen and oxygen atoms in total. The second-order valence-electron chi connectivity index (χ2n) is 4.49. The summed E-state index contributed by atoms with van der Waals surface area (Å²) in [6.45, 7) is 5.67. The summed E-state index contributed by atoms with van der Waals surface area (Å²) < 4.78 is 28.5. The van der Waals surface area contributed by atoms with Gasteiger partial charge in [0.25, 0.3) is 15.9 Å². The number of carbonyl (C=O) groups is 1. The molecule has 0 radical (unpaired) electrons. The highest BCUT2D eigenvalue weighted by molar-refractivity contribution is 7.94. The lowest BCUT2D eigenvalue weighted by Crippen LogP contribution is -2.67. The van der Waals surface area contributed by atoms with Crippen LogP contribution >= 0.6 is 0 Å². The van der Waals surface area contributed by atoms with E-state index in [-0.39, 0.29) is 18.6 Å². The topological polar surface area (TPSA) is 89.7 Å². The predicted octanol–water partition coefficient (Wildman–Crippen LogP) is -0.309. The number of sulfonamides is 1. The van der Waals surface area contributed by atoms with E-state index in [1.54, 1.807) is 0 Å². The monoisotopic (exact) mass is 264 g/mol. The summed E-state index contributed by atoms with van der Waals surface area (Å²) >= 11 is 0. The molecule has 0 spiro atoms. The predicted molar refractivity (Wildman–Crippen MR) is 63.8 cm³/mol. The molecule has 0 aromatic heterocycles. The summed E-state index contributed by atoms with van der Waals surface area (Å²) in [6.07, 6.45) is 0.234. The molecule has 0 saturated carbocycles. The maximum atomic E-state index is 11.8. The first-order valence-electron chi connectivity index (χ1n) is 5.67. The Hall–Kier alpha value is -0.660. The summed E-state index contributed by atoms with van der Waals surface area (Å²) in [5, 5.41) is 0. The SMILES string of the molecule is CCOC(CN)CCN1C(=O)C(C)(C)S1(=O)=O. The molecule has 1 aliphatic rings. The average molecular weight is 264 g/mol. The number of carbonyl (C=O) groups excluding carboxylic acids is 1. The standard InChI is InChI=1S/C10H20N2O4S/c1-4-16-8(7-11)5-6-12-9(13)10(2,3)17(12,14)15/h8H,4-7,11H2,1-3H3. The third kappa shape index (κ3) is 2.31. The summed E-state index contributed by atoms with van der Waals surface area (Å²) in [7, 11) is -3.48. The molecule has 17 heavy (non-hydrogen) atoms. The van der Waals surface area contributed by atoms with Crippen LogP contribution in [0.3, 0.4) is 0 Å². The van der Waals surface area contributed by atoms with Crippen LogP contribution in [0.2, 0.25) is 0 Å². The van der Waals surface area contributed by atoms with Crippen LogP contribution < -0.4 is 5.73 Å². The Balaban J connectivity index is 2.58. The molecular formula is C10H20N2O4S. The molecule has 1 saturated heterocycles. The van der Waals surface area contributed by atoms with E-state index in [1.165, 1.54) is 13.8 Å². The van der Waals surface area contributed by atoms with Gasteiger partial charge in [0.1, 0.15) is 0 Å². The van der Waals surface area contributed by atoms with Gasteiger partial charge in [-0.25, -0.2) is 12.7 Å². The molecule has 2 N–H and O–H groups in total. The highest BCUT2D eigenvalue weighted by Gasteiger charge is 2.59. The lowest BCUT2D eigenvalue weighted by atomic mass is 10.1. The van der Waals surface area contributed by atoms with Crippen molar-refractivity contribution in [1.82, 2.24) is 4.31 Å². The molecular weight excluding hydrogens is 244 g/mol. The number of rotatable bonds is 6. The first-order valence-corrected chi connectivity index (χ1v) is 7.11. The molecule has 1 aliphatic heterocycles. The summed E-state index contributed by atoms with van der Waals surface area (Å²) in [4.78, 5) is 11.6. The van der Waals surface area contributed by atoms with Crippen LogP contribution in [0.25, 0.3) is 0 Å². The molecule has 7 heteroatoms. The molecule has 1 amide bonds. The van der Waals surface area contributed by atoms with Gasteiger partial charge in [0, 0.05) is 19.7 Å². The van der Waals surface area contributed by atoms with Crippen molar-refractivity contribution in [3.8, 4) is 0 Å². The van der Waals surface area contributed by atoms with Crippen LogP contribution in [0.1, 0.15) is 27.2 Å². The molecule has 0 aromatic rings. The van der Waals surface area contributed by atoms with Crippen molar-refractivity contribution in [2.75, 3.05) is 19.7 Å². The van der Waals surface area contributed by atoms with E-state index in [1.807, 2.05) is 6.92 Å². The minimum absolute atomic E-state index is 0.145. The second-order valence-corrected chi connectivity index (χ2v) is 6.91. The minimum atomic E-state index is -3.48.